The zero-order valence-electron chi connectivity index (χ0n) is 22.3. The summed E-state index contributed by atoms with van der Waals surface area (Å²) in [5, 5.41) is 11.6. The zero-order chi connectivity index (χ0) is 28.3. The van der Waals surface area contributed by atoms with Gasteiger partial charge in [0, 0.05) is 61.7 Å². The quantitative estimate of drug-likeness (QED) is 0.302. The largest absolute Gasteiger partial charge is 0.368 e. The molecule has 6 rings (SSSR count). The third-order valence-electron chi connectivity index (χ3n) is 7.51. The molecule has 1 saturated heterocycles. The van der Waals surface area contributed by atoms with Crippen molar-refractivity contribution in [2.24, 2.45) is 9.98 Å². The van der Waals surface area contributed by atoms with Crippen molar-refractivity contribution < 1.29 is 14.5 Å². The molecule has 3 heterocycles. The van der Waals surface area contributed by atoms with E-state index in [2.05, 4.69) is 22.0 Å². The van der Waals surface area contributed by atoms with E-state index in [1.807, 2.05) is 52.3 Å². The molecule has 0 aromatic heterocycles. The minimum absolute atomic E-state index is 0.0355. The van der Waals surface area contributed by atoms with Crippen molar-refractivity contribution in [3.05, 3.63) is 100 Å². The van der Waals surface area contributed by atoms with Crippen molar-refractivity contribution in [3.63, 3.8) is 0 Å². The molecule has 1 atom stereocenters. The number of non-ortho nitro benzene ring substituents is 1. The van der Waals surface area contributed by atoms with E-state index in [9.17, 15) is 19.7 Å². The predicted molar refractivity (Wildman–Crippen MR) is 160 cm³/mol. The van der Waals surface area contributed by atoms with Gasteiger partial charge in [-0.15, -0.1) is 0 Å². The van der Waals surface area contributed by atoms with Crippen LogP contribution in [0.1, 0.15) is 24.0 Å². The van der Waals surface area contributed by atoms with Crippen LogP contribution in [0, 0.1) is 10.1 Å². The van der Waals surface area contributed by atoms with E-state index < -0.39 is 11.0 Å². The number of hydrogen-bond acceptors (Lipinski definition) is 8. The van der Waals surface area contributed by atoms with Crippen molar-refractivity contribution >= 4 is 51.6 Å². The van der Waals surface area contributed by atoms with Gasteiger partial charge in [-0.1, -0.05) is 54.2 Å². The number of fused-ring (bicyclic) bond motifs is 3. The van der Waals surface area contributed by atoms with E-state index in [0.717, 1.165) is 35.6 Å². The molecule has 0 radical (unpaired) electrons. The Hall–Kier alpha value is -4.51. The van der Waals surface area contributed by atoms with Crippen LogP contribution in [0.25, 0.3) is 0 Å². The summed E-state index contributed by atoms with van der Waals surface area (Å²) >= 11 is 1.44. The van der Waals surface area contributed by atoms with Gasteiger partial charge in [-0.3, -0.25) is 24.6 Å². The number of benzene rings is 3. The van der Waals surface area contributed by atoms with Crippen LogP contribution >= 0.6 is 11.8 Å². The highest BCUT2D eigenvalue weighted by Gasteiger charge is 2.42. The second-order valence-electron chi connectivity index (χ2n) is 10.0. The second-order valence-corrected chi connectivity index (χ2v) is 11.0. The molecule has 0 spiro atoms. The number of hydrogen-bond donors (Lipinski definition) is 0. The number of amidine groups is 2. The van der Waals surface area contributed by atoms with E-state index >= 15 is 0 Å². The summed E-state index contributed by atoms with van der Waals surface area (Å²) in [4.78, 5) is 52.2. The smallest absolute Gasteiger partial charge is 0.270 e. The Bertz CT molecular complexity index is 1530. The van der Waals surface area contributed by atoms with Gasteiger partial charge in [0.2, 0.25) is 5.91 Å². The normalized spacial score (nSPS) is 18.0. The van der Waals surface area contributed by atoms with Crippen LogP contribution in [0.3, 0.4) is 0 Å². The van der Waals surface area contributed by atoms with Crippen LogP contribution in [0.2, 0.25) is 0 Å². The van der Waals surface area contributed by atoms with Gasteiger partial charge in [0.1, 0.15) is 11.9 Å². The molecule has 3 aromatic carbocycles. The lowest BCUT2D eigenvalue weighted by Gasteiger charge is -2.36. The Morgan fingerprint density at radius 3 is 2.37 bits per heavy atom. The summed E-state index contributed by atoms with van der Waals surface area (Å²) in [6.45, 7) is 2.82. The summed E-state index contributed by atoms with van der Waals surface area (Å²) in [6.07, 6.45) is 0.575. The maximum Gasteiger partial charge on any atom is 0.270 e. The van der Waals surface area contributed by atoms with Gasteiger partial charge in [0.25, 0.3) is 11.6 Å². The fraction of sp³-hybridized carbons (Fsp3) is 0.267. The highest BCUT2D eigenvalue weighted by Crippen LogP contribution is 2.36. The molecule has 0 N–H and O–H groups in total. The van der Waals surface area contributed by atoms with Crippen molar-refractivity contribution in [1.82, 2.24) is 9.80 Å². The van der Waals surface area contributed by atoms with Gasteiger partial charge in [0.05, 0.1) is 10.6 Å². The molecule has 0 aliphatic carbocycles. The maximum absolute atomic E-state index is 13.2. The Balaban J connectivity index is 1.13. The summed E-state index contributed by atoms with van der Waals surface area (Å²) < 4.78 is 0. The van der Waals surface area contributed by atoms with Gasteiger partial charge >= 0.3 is 0 Å². The van der Waals surface area contributed by atoms with Gasteiger partial charge in [-0.25, -0.2) is 4.99 Å². The lowest BCUT2D eigenvalue weighted by atomic mass is 10.1. The molecule has 0 bridgehead atoms. The number of aliphatic imine (C=N–C) groups is 2. The zero-order valence-corrected chi connectivity index (χ0v) is 23.1. The van der Waals surface area contributed by atoms with Crippen LogP contribution in [0.5, 0.6) is 0 Å². The Labute approximate surface area is 241 Å². The number of amides is 2. The Kier molecular flexibility index (Phi) is 7.51. The van der Waals surface area contributed by atoms with E-state index in [0.29, 0.717) is 36.3 Å². The third-order valence-corrected chi connectivity index (χ3v) is 8.53. The molecular formula is C30H28N6O4S. The minimum Gasteiger partial charge on any atom is -0.368 e. The number of rotatable bonds is 7. The van der Waals surface area contributed by atoms with Gasteiger partial charge in [-0.2, -0.15) is 4.99 Å². The molecule has 0 saturated carbocycles. The number of carbonyl (C=O) groups is 2. The topological polar surface area (TPSA) is 112 Å². The molecule has 10 nitrogen and oxygen atoms in total. The van der Waals surface area contributed by atoms with Gasteiger partial charge < -0.3 is 9.80 Å². The maximum atomic E-state index is 13.2. The molecule has 2 amide bonds. The first-order chi connectivity index (χ1) is 20.0. The van der Waals surface area contributed by atoms with Gasteiger partial charge in [-0.05, 0) is 36.2 Å². The fourth-order valence-corrected chi connectivity index (χ4v) is 6.31. The third kappa shape index (κ3) is 5.58. The molecule has 3 aromatic rings. The molecule has 3 aliphatic heterocycles. The molecule has 11 heteroatoms. The highest BCUT2D eigenvalue weighted by molar-refractivity contribution is 8.13. The second kappa shape index (κ2) is 11.5. The molecule has 3 aliphatic rings. The van der Waals surface area contributed by atoms with Crippen LogP contribution in [0.15, 0.2) is 88.8 Å². The number of nitrogens with zero attached hydrogens (tertiary/aromatic N) is 6. The van der Waals surface area contributed by atoms with Crippen LogP contribution in [-0.2, 0) is 15.3 Å². The van der Waals surface area contributed by atoms with E-state index in [4.69, 9.17) is 4.99 Å². The Morgan fingerprint density at radius 2 is 1.63 bits per heavy atom. The van der Waals surface area contributed by atoms with Crippen LogP contribution in [0.4, 0.5) is 17.1 Å². The van der Waals surface area contributed by atoms with Crippen molar-refractivity contribution in [3.8, 4) is 0 Å². The first-order valence-electron chi connectivity index (χ1n) is 13.5. The number of para-hydroxylation sites is 2. The first kappa shape index (κ1) is 26.7. The predicted octanol–water partition coefficient (Wildman–Crippen LogP) is 4.62. The molecule has 1 fully saturated rings. The standard InChI is InChI=1S/C30H28N6O4S/c37-27(34-18-16-33(17-19-34)22-6-2-1-3-7-22)15-14-26-29(38)32-28-24-8-4-5-9-25(24)31-30(35(26)28)41-20-21-10-12-23(13-11-21)36(39)40/h1-13,26H,14-20H2. The number of nitro groups is 1. The monoisotopic (exact) mass is 568 g/mol. The number of nitro benzene ring substituents is 1. The first-order valence-corrected chi connectivity index (χ1v) is 14.5. The molecule has 208 valence electrons. The van der Waals surface area contributed by atoms with Crippen molar-refractivity contribution in [1.29, 1.82) is 0 Å². The number of thioether (sulfide) groups is 1. The van der Waals surface area contributed by atoms with Crippen LogP contribution < -0.4 is 4.90 Å². The number of piperazine rings is 1. The molecule has 41 heavy (non-hydrogen) atoms. The average molecular weight is 569 g/mol. The SMILES string of the molecule is O=C1N=C2c3ccccc3N=C(SCc3ccc([N+](=O)[O-])cc3)N2C1CCC(=O)N1CCN(c2ccccc2)CC1. The summed E-state index contributed by atoms with van der Waals surface area (Å²) in [5.74, 6) is 0.824. The summed E-state index contributed by atoms with van der Waals surface area (Å²) in [7, 11) is 0. The highest BCUT2D eigenvalue weighted by atomic mass is 32.2. The van der Waals surface area contributed by atoms with E-state index in [1.165, 1.54) is 23.9 Å². The van der Waals surface area contributed by atoms with Crippen molar-refractivity contribution in [2.75, 3.05) is 31.1 Å². The Morgan fingerprint density at radius 1 is 0.927 bits per heavy atom. The summed E-state index contributed by atoms with van der Waals surface area (Å²) in [5.41, 5.74) is 3.60. The number of anilines is 1. The number of carbonyl (C=O) groups excluding carboxylic acids is 2. The van der Waals surface area contributed by atoms with Crippen molar-refractivity contribution in [2.45, 2.75) is 24.6 Å². The molecule has 1 unspecified atom stereocenters. The van der Waals surface area contributed by atoms with Crippen LogP contribution in [-0.4, -0.2) is 69.8 Å². The van der Waals surface area contributed by atoms with Gasteiger partial charge in [0.15, 0.2) is 5.17 Å². The lowest BCUT2D eigenvalue weighted by Crippen LogP contribution is -2.49. The lowest BCUT2D eigenvalue weighted by molar-refractivity contribution is -0.384. The molecular weight excluding hydrogens is 540 g/mol. The summed E-state index contributed by atoms with van der Waals surface area (Å²) in [6, 6.07) is 23.5. The minimum atomic E-state index is -0.615. The van der Waals surface area contributed by atoms with E-state index in [1.54, 1.807) is 12.1 Å². The van der Waals surface area contributed by atoms with E-state index in [-0.39, 0.29) is 23.9 Å². The average Bonchev–Trinajstić information content (AvgIpc) is 3.35. The fourth-order valence-electron chi connectivity index (χ4n) is 5.31.